The molecule has 8 heteroatoms. The lowest BCUT2D eigenvalue weighted by Crippen LogP contribution is -2.64. The fraction of sp³-hybridized carbons (Fsp3) is 0.320. The van der Waals surface area contributed by atoms with E-state index in [1.54, 1.807) is 13.3 Å². The first-order valence-corrected chi connectivity index (χ1v) is 12.0. The average molecular weight is 463 g/mol. The number of hydrogen-bond acceptors (Lipinski definition) is 6. The smallest absolute Gasteiger partial charge is 0.282 e. The number of carbonyl (C=O) groups excluding carboxylic acids is 2. The summed E-state index contributed by atoms with van der Waals surface area (Å²) in [6.07, 6.45) is 1.67. The quantitative estimate of drug-likeness (QED) is 0.583. The summed E-state index contributed by atoms with van der Waals surface area (Å²) < 4.78 is 5.30. The van der Waals surface area contributed by atoms with Crippen LogP contribution in [0.2, 0.25) is 0 Å². The van der Waals surface area contributed by atoms with Crippen LogP contribution in [-0.2, 0) is 0 Å². The topological polar surface area (TPSA) is 66.0 Å². The summed E-state index contributed by atoms with van der Waals surface area (Å²) >= 11 is 1.38. The van der Waals surface area contributed by atoms with Gasteiger partial charge in [-0.2, -0.15) is 0 Å². The Bertz CT molecular complexity index is 1120. The summed E-state index contributed by atoms with van der Waals surface area (Å²) in [5, 5.41) is 2.39. The lowest BCUT2D eigenvalue weighted by Gasteiger charge is -2.48. The maximum Gasteiger partial charge on any atom is 0.282 e. The lowest BCUT2D eigenvalue weighted by atomic mass is 10.0. The van der Waals surface area contributed by atoms with Gasteiger partial charge < -0.3 is 14.5 Å². The van der Waals surface area contributed by atoms with Gasteiger partial charge in [-0.3, -0.25) is 14.5 Å². The summed E-state index contributed by atoms with van der Waals surface area (Å²) in [7, 11) is 1.66. The number of nitrogens with zero attached hydrogens (tertiary/aromatic N) is 4. The molecule has 0 aliphatic carbocycles. The van der Waals surface area contributed by atoms with E-state index in [1.807, 2.05) is 63.7 Å². The van der Waals surface area contributed by atoms with Crippen molar-refractivity contribution in [3.8, 4) is 16.9 Å². The Hall–Kier alpha value is -3.23. The van der Waals surface area contributed by atoms with Crippen LogP contribution in [0.1, 0.15) is 20.2 Å². The third-order valence-corrected chi connectivity index (χ3v) is 7.18. The van der Waals surface area contributed by atoms with Gasteiger partial charge in [0.15, 0.2) is 5.01 Å². The molecule has 2 amide bonds. The molecule has 170 valence electrons. The Morgan fingerprint density at radius 1 is 0.939 bits per heavy atom. The highest BCUT2D eigenvalue weighted by molar-refractivity contribution is 7.11. The second-order valence-electron chi connectivity index (χ2n) is 8.34. The second kappa shape index (κ2) is 9.33. The van der Waals surface area contributed by atoms with E-state index in [-0.39, 0.29) is 11.8 Å². The molecular weight excluding hydrogens is 436 g/mol. The van der Waals surface area contributed by atoms with Gasteiger partial charge in [0.25, 0.3) is 11.8 Å². The van der Waals surface area contributed by atoms with Gasteiger partial charge in [0.05, 0.1) is 7.11 Å². The molecule has 2 aromatic carbocycles. The molecule has 0 unspecified atom stereocenters. The molecule has 0 radical (unpaired) electrons. The number of methoxy groups -OCH3 is 1. The van der Waals surface area contributed by atoms with Gasteiger partial charge >= 0.3 is 0 Å². The van der Waals surface area contributed by atoms with Crippen molar-refractivity contribution >= 4 is 23.2 Å². The van der Waals surface area contributed by atoms with Crippen LogP contribution in [0.15, 0.2) is 60.1 Å². The standard InChI is InChI=1S/C25H26N4O3S/c1-32-22-4-2-3-20(15-22)18-5-7-19(8-6-18)24(30)29-16-21(17-29)27-10-12-28(13-11-27)25(31)23-26-9-14-33-23/h2-9,14-15,21H,10-13,16-17H2,1H3. The molecule has 2 saturated heterocycles. The number of likely N-dealkylation sites (tertiary alicyclic amines) is 1. The molecule has 2 aliphatic rings. The van der Waals surface area contributed by atoms with Crippen molar-refractivity contribution in [1.29, 1.82) is 0 Å². The highest BCUT2D eigenvalue weighted by atomic mass is 32.1. The van der Waals surface area contributed by atoms with Crippen molar-refractivity contribution in [2.75, 3.05) is 46.4 Å². The minimum Gasteiger partial charge on any atom is -0.497 e. The van der Waals surface area contributed by atoms with Gasteiger partial charge in [-0.1, -0.05) is 24.3 Å². The van der Waals surface area contributed by atoms with Crippen molar-refractivity contribution < 1.29 is 14.3 Å². The summed E-state index contributed by atoms with van der Waals surface area (Å²) in [5.41, 5.74) is 2.82. The van der Waals surface area contributed by atoms with E-state index >= 15 is 0 Å². The summed E-state index contributed by atoms with van der Waals surface area (Å²) in [6.45, 7) is 4.54. The van der Waals surface area contributed by atoms with Gasteiger partial charge in [0.2, 0.25) is 0 Å². The Balaban J connectivity index is 1.12. The molecule has 3 heterocycles. The zero-order valence-corrected chi connectivity index (χ0v) is 19.3. The second-order valence-corrected chi connectivity index (χ2v) is 9.23. The van der Waals surface area contributed by atoms with E-state index in [0.29, 0.717) is 29.7 Å². The summed E-state index contributed by atoms with van der Waals surface area (Å²) in [5.74, 6) is 0.904. The first-order chi connectivity index (χ1) is 16.1. The predicted octanol–water partition coefficient (Wildman–Crippen LogP) is 3.10. The van der Waals surface area contributed by atoms with Crippen molar-refractivity contribution in [3.05, 3.63) is 70.7 Å². The highest BCUT2D eigenvalue weighted by Crippen LogP contribution is 2.25. The van der Waals surface area contributed by atoms with Crippen LogP contribution in [0.4, 0.5) is 0 Å². The number of thiazole rings is 1. The van der Waals surface area contributed by atoms with Crippen LogP contribution in [0.25, 0.3) is 11.1 Å². The van der Waals surface area contributed by atoms with Crippen LogP contribution < -0.4 is 4.74 Å². The Kier molecular flexibility index (Phi) is 6.11. The number of amides is 2. The Morgan fingerprint density at radius 3 is 2.36 bits per heavy atom. The molecule has 0 bridgehead atoms. The van der Waals surface area contributed by atoms with Crippen molar-refractivity contribution in [2.24, 2.45) is 0 Å². The lowest BCUT2D eigenvalue weighted by molar-refractivity contribution is 0.00853. The van der Waals surface area contributed by atoms with Gasteiger partial charge in [0, 0.05) is 62.5 Å². The van der Waals surface area contributed by atoms with Gasteiger partial charge in [-0.05, 0) is 35.4 Å². The van der Waals surface area contributed by atoms with Gasteiger partial charge in [0.1, 0.15) is 5.75 Å². The molecule has 0 atom stereocenters. The van der Waals surface area contributed by atoms with Crippen LogP contribution in [0.5, 0.6) is 5.75 Å². The first-order valence-electron chi connectivity index (χ1n) is 11.1. The maximum absolute atomic E-state index is 12.9. The molecule has 2 aliphatic heterocycles. The third-order valence-electron chi connectivity index (χ3n) is 6.42. The number of hydrogen-bond donors (Lipinski definition) is 0. The molecule has 5 rings (SSSR count). The number of aromatic nitrogens is 1. The Labute approximate surface area is 197 Å². The molecule has 0 N–H and O–H groups in total. The zero-order valence-electron chi connectivity index (χ0n) is 18.5. The van der Waals surface area contributed by atoms with Crippen molar-refractivity contribution in [3.63, 3.8) is 0 Å². The summed E-state index contributed by atoms with van der Waals surface area (Å²) in [4.78, 5) is 35.7. The SMILES string of the molecule is COc1cccc(-c2ccc(C(=O)N3CC(N4CCN(C(=O)c5nccs5)CC4)C3)cc2)c1. The van der Waals surface area contributed by atoms with Crippen LogP contribution >= 0.6 is 11.3 Å². The minimum absolute atomic E-state index is 0.0208. The molecule has 0 saturated carbocycles. The largest absolute Gasteiger partial charge is 0.497 e. The molecule has 0 spiro atoms. The van der Waals surface area contributed by atoms with Crippen molar-refractivity contribution in [1.82, 2.24) is 19.7 Å². The average Bonchev–Trinajstić information content (AvgIpc) is 3.38. The maximum atomic E-state index is 12.9. The van der Waals surface area contributed by atoms with Crippen LogP contribution in [-0.4, -0.2) is 83.9 Å². The molecular formula is C25H26N4O3S. The highest BCUT2D eigenvalue weighted by Gasteiger charge is 2.37. The van der Waals surface area contributed by atoms with E-state index in [1.165, 1.54) is 11.3 Å². The monoisotopic (exact) mass is 462 g/mol. The Morgan fingerprint density at radius 2 is 1.70 bits per heavy atom. The molecule has 3 aromatic rings. The molecule has 7 nitrogen and oxygen atoms in total. The number of piperazine rings is 1. The number of ether oxygens (including phenoxy) is 1. The molecule has 33 heavy (non-hydrogen) atoms. The molecule has 1 aromatic heterocycles. The first kappa shape index (κ1) is 21.6. The van der Waals surface area contributed by atoms with E-state index in [4.69, 9.17) is 4.74 Å². The van der Waals surface area contributed by atoms with E-state index < -0.39 is 0 Å². The third kappa shape index (κ3) is 4.49. The number of benzene rings is 2. The summed E-state index contributed by atoms with van der Waals surface area (Å²) in [6, 6.07) is 16.0. The van der Waals surface area contributed by atoms with Crippen LogP contribution in [0, 0.1) is 0 Å². The fourth-order valence-electron chi connectivity index (χ4n) is 4.40. The van der Waals surface area contributed by atoms with E-state index in [2.05, 4.69) is 9.88 Å². The van der Waals surface area contributed by atoms with E-state index in [0.717, 1.165) is 43.1 Å². The fourth-order valence-corrected chi connectivity index (χ4v) is 5.00. The van der Waals surface area contributed by atoms with E-state index in [9.17, 15) is 9.59 Å². The predicted molar refractivity (Wildman–Crippen MR) is 128 cm³/mol. The van der Waals surface area contributed by atoms with Gasteiger partial charge in [-0.15, -0.1) is 11.3 Å². The van der Waals surface area contributed by atoms with Gasteiger partial charge in [-0.25, -0.2) is 4.98 Å². The van der Waals surface area contributed by atoms with Crippen LogP contribution in [0.3, 0.4) is 0 Å². The molecule has 2 fully saturated rings. The normalized spacial score (nSPS) is 17.0. The minimum atomic E-state index is 0.0208. The zero-order chi connectivity index (χ0) is 22.8. The van der Waals surface area contributed by atoms with Crippen molar-refractivity contribution in [2.45, 2.75) is 6.04 Å². The number of rotatable bonds is 5. The number of carbonyl (C=O) groups is 2.